The molecule has 0 bridgehead atoms. The zero-order valence-electron chi connectivity index (χ0n) is 11.9. The summed E-state index contributed by atoms with van der Waals surface area (Å²) in [6.07, 6.45) is -4.21. The largest absolute Gasteiger partial charge is 0.466 e. The van der Waals surface area contributed by atoms with Crippen LogP contribution in [0.25, 0.3) is 0 Å². The van der Waals surface area contributed by atoms with E-state index in [2.05, 4.69) is 4.74 Å². The molecule has 0 aliphatic rings. The van der Waals surface area contributed by atoms with E-state index in [9.17, 15) is 22.8 Å². The molecular weight excluding hydrogens is 277 g/mol. The minimum atomic E-state index is -4.44. The van der Waals surface area contributed by atoms with Crippen LogP contribution in [0.4, 0.5) is 13.2 Å². The summed E-state index contributed by atoms with van der Waals surface area (Å²) in [6, 6.07) is 0. The molecule has 0 saturated heterocycles. The first-order valence-corrected chi connectivity index (χ1v) is 5.97. The van der Waals surface area contributed by atoms with Crippen LogP contribution >= 0.6 is 0 Å². The van der Waals surface area contributed by atoms with Gasteiger partial charge >= 0.3 is 18.1 Å². The van der Waals surface area contributed by atoms with Crippen LogP contribution in [-0.4, -0.2) is 30.8 Å². The second-order valence-corrected chi connectivity index (χ2v) is 5.25. The van der Waals surface area contributed by atoms with Crippen LogP contribution in [0.2, 0.25) is 0 Å². The summed E-state index contributed by atoms with van der Waals surface area (Å²) >= 11 is 0. The Morgan fingerprint density at radius 2 is 1.75 bits per heavy atom. The molecule has 0 heterocycles. The third-order valence-corrected chi connectivity index (χ3v) is 2.05. The lowest BCUT2D eigenvalue weighted by Gasteiger charge is -2.21. The first kappa shape index (κ1) is 18.5. The molecule has 0 N–H and O–H groups in total. The summed E-state index contributed by atoms with van der Waals surface area (Å²) in [5.41, 5.74) is -0.772. The third-order valence-electron chi connectivity index (χ3n) is 2.05. The van der Waals surface area contributed by atoms with Crippen molar-refractivity contribution >= 4 is 11.9 Å². The summed E-state index contributed by atoms with van der Waals surface area (Å²) in [5, 5.41) is 0. The molecule has 0 aliphatic heterocycles. The van der Waals surface area contributed by atoms with Crippen molar-refractivity contribution < 1.29 is 32.2 Å². The Morgan fingerprint density at radius 3 is 2.15 bits per heavy atom. The van der Waals surface area contributed by atoms with E-state index >= 15 is 0 Å². The van der Waals surface area contributed by atoms with Crippen molar-refractivity contribution in [1.82, 2.24) is 0 Å². The minimum Gasteiger partial charge on any atom is -0.466 e. The van der Waals surface area contributed by atoms with Gasteiger partial charge in [-0.1, -0.05) is 6.08 Å². The van der Waals surface area contributed by atoms with Gasteiger partial charge in [-0.05, 0) is 26.7 Å². The van der Waals surface area contributed by atoms with E-state index in [-0.39, 0.29) is 0 Å². The van der Waals surface area contributed by atoms with Gasteiger partial charge in [-0.15, -0.1) is 0 Å². The standard InChI is InChI=1S/C13H19F3O4/c1-12(2,3)20-11(18)7-9(8-13(14,15)16)5-6-10(17)19-4/h5-6,9H,7-8H2,1-4H3/b6-5+. The highest BCUT2D eigenvalue weighted by atomic mass is 19.4. The van der Waals surface area contributed by atoms with Crippen LogP contribution in [0.15, 0.2) is 12.2 Å². The molecule has 0 spiro atoms. The van der Waals surface area contributed by atoms with Gasteiger partial charge in [0.05, 0.1) is 20.0 Å². The topological polar surface area (TPSA) is 52.6 Å². The van der Waals surface area contributed by atoms with E-state index in [0.29, 0.717) is 0 Å². The zero-order valence-corrected chi connectivity index (χ0v) is 11.9. The summed E-state index contributed by atoms with van der Waals surface area (Å²) < 4.78 is 46.4. The number of halogens is 3. The number of rotatable bonds is 5. The highest BCUT2D eigenvalue weighted by Gasteiger charge is 2.32. The Labute approximate surface area is 115 Å². The van der Waals surface area contributed by atoms with Crippen LogP contribution in [0.5, 0.6) is 0 Å². The molecule has 0 amide bonds. The summed E-state index contributed by atoms with van der Waals surface area (Å²) in [6.45, 7) is 4.86. The fourth-order valence-corrected chi connectivity index (χ4v) is 1.39. The Hall–Kier alpha value is -1.53. The van der Waals surface area contributed by atoms with Crippen molar-refractivity contribution in [3.63, 3.8) is 0 Å². The number of ether oxygens (including phenoxy) is 2. The molecule has 1 unspecified atom stereocenters. The summed E-state index contributed by atoms with van der Waals surface area (Å²) in [5.74, 6) is -2.69. The van der Waals surface area contributed by atoms with E-state index in [1.54, 1.807) is 20.8 Å². The van der Waals surface area contributed by atoms with Gasteiger partial charge in [0.15, 0.2) is 0 Å². The number of carbonyl (C=O) groups excluding carboxylic acids is 2. The van der Waals surface area contributed by atoms with Crippen molar-refractivity contribution in [2.45, 2.75) is 45.4 Å². The molecule has 0 fully saturated rings. The van der Waals surface area contributed by atoms with Crippen LogP contribution < -0.4 is 0 Å². The van der Waals surface area contributed by atoms with Crippen LogP contribution in [0.3, 0.4) is 0 Å². The van der Waals surface area contributed by atoms with Crippen molar-refractivity contribution in [1.29, 1.82) is 0 Å². The van der Waals surface area contributed by atoms with E-state index in [0.717, 1.165) is 19.3 Å². The highest BCUT2D eigenvalue weighted by Crippen LogP contribution is 2.28. The van der Waals surface area contributed by atoms with Gasteiger partial charge in [-0.3, -0.25) is 4.79 Å². The Balaban J connectivity index is 4.73. The lowest BCUT2D eigenvalue weighted by Crippen LogP contribution is -2.26. The molecule has 0 aromatic rings. The van der Waals surface area contributed by atoms with Gasteiger partial charge in [0.25, 0.3) is 0 Å². The van der Waals surface area contributed by atoms with Crippen LogP contribution in [0.1, 0.15) is 33.6 Å². The summed E-state index contributed by atoms with van der Waals surface area (Å²) in [4.78, 5) is 22.4. The monoisotopic (exact) mass is 296 g/mol. The molecule has 20 heavy (non-hydrogen) atoms. The van der Waals surface area contributed by atoms with Crippen molar-refractivity contribution in [3.8, 4) is 0 Å². The minimum absolute atomic E-state index is 0.454. The normalized spacial score (nSPS) is 14.2. The smallest absolute Gasteiger partial charge is 0.389 e. The second-order valence-electron chi connectivity index (χ2n) is 5.25. The first-order valence-electron chi connectivity index (χ1n) is 5.97. The fraction of sp³-hybridized carbons (Fsp3) is 0.692. The molecule has 0 radical (unpaired) electrons. The average molecular weight is 296 g/mol. The van der Waals surface area contributed by atoms with Gasteiger partial charge in [0, 0.05) is 6.08 Å². The van der Waals surface area contributed by atoms with Gasteiger partial charge in [-0.25, -0.2) is 4.79 Å². The SMILES string of the molecule is COC(=O)/C=C/C(CC(=O)OC(C)(C)C)CC(F)(F)F. The maximum absolute atomic E-state index is 12.4. The van der Waals surface area contributed by atoms with Crippen LogP contribution in [-0.2, 0) is 19.1 Å². The lowest BCUT2D eigenvalue weighted by atomic mass is 10.0. The molecular formula is C13H19F3O4. The quantitative estimate of drug-likeness (QED) is 0.578. The van der Waals surface area contributed by atoms with Gasteiger partial charge in [-0.2, -0.15) is 13.2 Å². The molecule has 0 aromatic carbocycles. The number of hydrogen-bond donors (Lipinski definition) is 0. The second kappa shape index (κ2) is 7.31. The molecule has 7 heteroatoms. The maximum atomic E-state index is 12.4. The van der Waals surface area contributed by atoms with Gasteiger partial charge < -0.3 is 9.47 Å². The van der Waals surface area contributed by atoms with Crippen molar-refractivity contribution in [2.24, 2.45) is 5.92 Å². The fourth-order valence-electron chi connectivity index (χ4n) is 1.39. The predicted molar refractivity (Wildman–Crippen MR) is 65.8 cm³/mol. The molecule has 0 saturated carbocycles. The number of hydrogen-bond acceptors (Lipinski definition) is 4. The molecule has 4 nitrogen and oxygen atoms in total. The lowest BCUT2D eigenvalue weighted by molar-refractivity contribution is -0.159. The van der Waals surface area contributed by atoms with E-state index < -0.39 is 42.5 Å². The van der Waals surface area contributed by atoms with Crippen LogP contribution in [0, 0.1) is 5.92 Å². The maximum Gasteiger partial charge on any atom is 0.389 e. The number of allylic oxidation sites excluding steroid dienone is 1. The summed E-state index contributed by atoms with van der Waals surface area (Å²) in [7, 11) is 1.11. The predicted octanol–water partition coefficient (Wildman–Crippen LogP) is 3.02. The Kier molecular flexibility index (Phi) is 6.75. The number of methoxy groups -OCH3 is 1. The third kappa shape index (κ3) is 10.4. The molecule has 0 aromatic heterocycles. The van der Waals surface area contributed by atoms with Gasteiger partial charge in [0.1, 0.15) is 5.60 Å². The molecule has 1 atom stereocenters. The van der Waals surface area contributed by atoms with E-state index in [1.807, 2.05) is 0 Å². The Bertz CT molecular complexity index is 367. The van der Waals surface area contributed by atoms with E-state index in [4.69, 9.17) is 4.74 Å². The number of esters is 2. The first-order chi connectivity index (χ1) is 8.93. The number of carbonyl (C=O) groups is 2. The van der Waals surface area contributed by atoms with Gasteiger partial charge in [0.2, 0.25) is 0 Å². The average Bonchev–Trinajstić information content (AvgIpc) is 2.20. The number of alkyl halides is 3. The highest BCUT2D eigenvalue weighted by molar-refractivity contribution is 5.82. The van der Waals surface area contributed by atoms with Crippen molar-refractivity contribution in [3.05, 3.63) is 12.2 Å². The molecule has 0 rings (SSSR count). The Morgan fingerprint density at radius 1 is 1.20 bits per heavy atom. The molecule has 0 aliphatic carbocycles. The zero-order chi connectivity index (χ0) is 16.0. The van der Waals surface area contributed by atoms with Crippen molar-refractivity contribution in [2.75, 3.05) is 7.11 Å². The molecule has 116 valence electrons. The van der Waals surface area contributed by atoms with E-state index in [1.165, 1.54) is 0 Å².